The maximum absolute atomic E-state index is 12.5. The van der Waals surface area contributed by atoms with Crippen molar-refractivity contribution >= 4 is 26.2 Å². The lowest BCUT2D eigenvalue weighted by Gasteiger charge is -2.36. The van der Waals surface area contributed by atoms with E-state index in [1.807, 2.05) is 0 Å². The molecule has 5 nitrogen and oxygen atoms in total. The fourth-order valence-corrected chi connectivity index (χ4v) is 3.48. The van der Waals surface area contributed by atoms with E-state index in [4.69, 9.17) is 9.47 Å². The molecule has 1 aromatic carbocycles. The van der Waals surface area contributed by atoms with Gasteiger partial charge in [0.2, 0.25) is 5.88 Å². The first-order valence-electron chi connectivity index (χ1n) is 8.46. The normalized spacial score (nSPS) is 15.1. The number of hydrogen-bond acceptors (Lipinski definition) is 5. The Morgan fingerprint density at radius 1 is 1.19 bits per heavy atom. The molecule has 0 atom stereocenters. The average molecular weight is 451 g/mol. The molecule has 0 radical (unpaired) electrons. The number of halogens is 4. The highest BCUT2D eigenvalue weighted by atomic mass is 79.9. The van der Waals surface area contributed by atoms with Gasteiger partial charge in [0, 0.05) is 17.7 Å². The molecular weight excluding hydrogens is 429 g/mol. The summed E-state index contributed by atoms with van der Waals surface area (Å²) in [5, 5.41) is 0. The van der Waals surface area contributed by atoms with Crippen LogP contribution < -0.4 is 9.47 Å². The van der Waals surface area contributed by atoms with Crippen molar-refractivity contribution in [1.82, 2.24) is 4.90 Å². The topological polar surface area (TPSA) is 43.3 Å². The van der Waals surface area contributed by atoms with Gasteiger partial charge in [0.05, 0.1) is 20.8 Å². The minimum absolute atomic E-state index is 0.205. The Morgan fingerprint density at radius 2 is 1.85 bits per heavy atom. The van der Waals surface area contributed by atoms with Crippen molar-refractivity contribution in [3.05, 3.63) is 29.6 Å². The highest BCUT2D eigenvalue weighted by Crippen LogP contribution is 2.38. The molecule has 0 saturated carbocycles. The summed E-state index contributed by atoms with van der Waals surface area (Å²) in [6, 6.07) is 4.12. The van der Waals surface area contributed by atoms with E-state index in [9.17, 15) is 13.2 Å². The molecule has 0 saturated heterocycles. The second-order valence-corrected chi connectivity index (χ2v) is 6.77. The Kier molecular flexibility index (Phi) is 7.02. The first kappa shape index (κ1) is 21.4. The first-order chi connectivity index (χ1) is 12.7. The summed E-state index contributed by atoms with van der Waals surface area (Å²) in [6.07, 6.45) is -2.96. The van der Waals surface area contributed by atoms with Crippen molar-refractivity contribution in [2.24, 2.45) is 4.99 Å². The van der Waals surface area contributed by atoms with Crippen molar-refractivity contribution in [2.45, 2.75) is 39.1 Å². The van der Waals surface area contributed by atoms with Crippen LogP contribution in [0, 0.1) is 0 Å². The van der Waals surface area contributed by atoms with Crippen LogP contribution in [0.3, 0.4) is 0 Å². The summed E-state index contributed by atoms with van der Waals surface area (Å²) < 4.78 is 53.1. The number of hydrogen-bond donors (Lipinski definition) is 0. The van der Waals surface area contributed by atoms with Gasteiger partial charge in [-0.05, 0) is 40.9 Å². The van der Waals surface area contributed by atoms with Crippen LogP contribution >= 0.6 is 15.9 Å². The number of ether oxygens (including phenoxy) is 3. The fourth-order valence-electron chi connectivity index (χ4n) is 3.03. The van der Waals surface area contributed by atoms with E-state index in [-0.39, 0.29) is 17.5 Å². The van der Waals surface area contributed by atoms with Crippen LogP contribution in [-0.2, 0) is 4.74 Å². The summed E-state index contributed by atoms with van der Waals surface area (Å²) in [7, 11) is 2.93. The molecule has 1 heterocycles. The smallest absolute Gasteiger partial charge is 0.496 e. The Balaban J connectivity index is 2.55. The standard InChI is InChI=1S/C18H22BrF3N2O3/c1-5-11(6-2)24-10-15(19)23-16(17(24)26-4)13-8-7-12(9-14(13)25-3)27-18(20,21)22/h7-9,11H,5-6,10H2,1-4H3. The molecule has 0 amide bonds. The Bertz CT molecular complexity index is 731. The van der Waals surface area contributed by atoms with Crippen molar-refractivity contribution < 1.29 is 27.4 Å². The lowest BCUT2D eigenvalue weighted by molar-refractivity contribution is -0.274. The quantitative estimate of drug-likeness (QED) is 0.574. The lowest BCUT2D eigenvalue weighted by Crippen LogP contribution is -2.39. The predicted molar refractivity (Wildman–Crippen MR) is 101 cm³/mol. The first-order valence-corrected chi connectivity index (χ1v) is 9.25. The molecule has 0 bridgehead atoms. The molecule has 9 heteroatoms. The molecule has 2 rings (SSSR count). The summed E-state index contributed by atoms with van der Waals surface area (Å²) in [4.78, 5) is 6.61. The molecule has 0 unspecified atom stereocenters. The van der Waals surface area contributed by atoms with Gasteiger partial charge in [-0.3, -0.25) is 0 Å². The maximum atomic E-state index is 12.5. The minimum atomic E-state index is -4.78. The van der Waals surface area contributed by atoms with E-state index in [1.54, 1.807) is 7.11 Å². The van der Waals surface area contributed by atoms with Crippen LogP contribution in [0.5, 0.6) is 11.5 Å². The number of alkyl halides is 3. The van der Waals surface area contributed by atoms with Gasteiger partial charge in [-0.15, -0.1) is 13.2 Å². The zero-order chi connectivity index (χ0) is 20.2. The fraction of sp³-hybridized carbons (Fsp3) is 0.500. The number of benzene rings is 1. The summed E-state index contributed by atoms with van der Waals surface area (Å²) in [5.41, 5.74) is 0.995. The van der Waals surface area contributed by atoms with E-state index in [0.29, 0.717) is 28.3 Å². The van der Waals surface area contributed by atoms with Gasteiger partial charge in [0.15, 0.2) is 0 Å². The van der Waals surface area contributed by atoms with Gasteiger partial charge in [-0.25, -0.2) is 4.99 Å². The number of methoxy groups -OCH3 is 2. The van der Waals surface area contributed by atoms with E-state index >= 15 is 0 Å². The highest BCUT2D eigenvalue weighted by Gasteiger charge is 2.32. The average Bonchev–Trinajstić information content (AvgIpc) is 2.61. The van der Waals surface area contributed by atoms with Crippen LogP contribution in [-0.4, -0.2) is 42.7 Å². The molecule has 0 spiro atoms. The molecule has 1 aliphatic heterocycles. The van der Waals surface area contributed by atoms with Crippen LogP contribution in [0.2, 0.25) is 0 Å². The SMILES string of the molecule is CCC(CC)N1CC(Br)=NC(c2ccc(OC(F)(F)F)cc2OC)=C1OC. The molecule has 150 valence electrons. The number of nitrogens with zero attached hydrogens (tertiary/aromatic N) is 2. The Morgan fingerprint density at radius 3 is 2.37 bits per heavy atom. The van der Waals surface area contributed by atoms with E-state index in [2.05, 4.69) is 44.4 Å². The van der Waals surface area contributed by atoms with E-state index in [1.165, 1.54) is 25.3 Å². The Labute approximate surface area is 164 Å². The minimum Gasteiger partial charge on any atom is -0.496 e. The molecule has 27 heavy (non-hydrogen) atoms. The number of aliphatic imine (C=N–C) groups is 1. The molecule has 0 aliphatic carbocycles. The third-order valence-electron chi connectivity index (χ3n) is 4.24. The summed E-state index contributed by atoms with van der Waals surface area (Å²) in [5.74, 6) is 0.393. The predicted octanol–water partition coefficient (Wildman–Crippen LogP) is 5.16. The van der Waals surface area contributed by atoms with Crippen LogP contribution in [0.25, 0.3) is 5.70 Å². The van der Waals surface area contributed by atoms with Gasteiger partial charge < -0.3 is 19.1 Å². The van der Waals surface area contributed by atoms with E-state index in [0.717, 1.165) is 12.8 Å². The zero-order valence-electron chi connectivity index (χ0n) is 15.6. The van der Waals surface area contributed by atoms with Gasteiger partial charge in [0.1, 0.15) is 21.8 Å². The van der Waals surface area contributed by atoms with Crippen LogP contribution in [0.15, 0.2) is 29.1 Å². The van der Waals surface area contributed by atoms with Crippen molar-refractivity contribution in [1.29, 1.82) is 0 Å². The van der Waals surface area contributed by atoms with Gasteiger partial charge in [-0.1, -0.05) is 13.8 Å². The summed E-state index contributed by atoms with van der Waals surface area (Å²) in [6.45, 7) is 4.73. The molecule has 0 aromatic heterocycles. The third kappa shape index (κ3) is 5.09. The third-order valence-corrected chi connectivity index (χ3v) is 4.66. The number of rotatable bonds is 7. The van der Waals surface area contributed by atoms with Crippen LogP contribution in [0.1, 0.15) is 32.3 Å². The maximum Gasteiger partial charge on any atom is 0.573 e. The van der Waals surface area contributed by atoms with Crippen molar-refractivity contribution in [2.75, 3.05) is 20.8 Å². The molecule has 1 aromatic rings. The summed E-state index contributed by atoms with van der Waals surface area (Å²) >= 11 is 3.45. The van der Waals surface area contributed by atoms with Gasteiger partial charge in [0.25, 0.3) is 0 Å². The van der Waals surface area contributed by atoms with Gasteiger partial charge in [-0.2, -0.15) is 0 Å². The molecule has 0 fully saturated rings. The van der Waals surface area contributed by atoms with Crippen molar-refractivity contribution in [3.63, 3.8) is 0 Å². The Hall–Kier alpha value is -1.90. The van der Waals surface area contributed by atoms with E-state index < -0.39 is 6.36 Å². The molecule has 0 N–H and O–H groups in total. The van der Waals surface area contributed by atoms with Crippen molar-refractivity contribution in [3.8, 4) is 11.5 Å². The monoisotopic (exact) mass is 450 g/mol. The second kappa shape index (κ2) is 8.86. The highest BCUT2D eigenvalue weighted by molar-refractivity contribution is 9.18. The lowest BCUT2D eigenvalue weighted by atomic mass is 10.1. The van der Waals surface area contributed by atoms with Crippen LogP contribution in [0.4, 0.5) is 13.2 Å². The zero-order valence-corrected chi connectivity index (χ0v) is 17.1. The largest absolute Gasteiger partial charge is 0.573 e. The van der Waals surface area contributed by atoms with Gasteiger partial charge >= 0.3 is 6.36 Å². The molecular formula is C18H22BrF3N2O3. The molecule has 1 aliphatic rings. The second-order valence-electron chi connectivity index (χ2n) is 5.85.